The lowest BCUT2D eigenvalue weighted by Gasteiger charge is -2.70. The van der Waals surface area contributed by atoms with Gasteiger partial charge < -0.3 is 15.0 Å². The Kier molecular flexibility index (Phi) is 9.95. The van der Waals surface area contributed by atoms with E-state index in [2.05, 4.69) is 63.9 Å². The van der Waals surface area contributed by atoms with Crippen molar-refractivity contribution < 1.29 is 22.7 Å². The lowest BCUT2D eigenvalue weighted by atomic mass is 9.34. The molecule has 0 bridgehead atoms. The van der Waals surface area contributed by atoms with E-state index in [1.165, 1.54) is 30.4 Å². The average Bonchev–Trinajstić information content (AvgIpc) is 3.38. The molecule has 8 heteroatoms. The van der Waals surface area contributed by atoms with E-state index in [9.17, 15) is 18.0 Å². The highest BCUT2D eigenvalue weighted by molar-refractivity contribution is 7.91. The molecule has 0 aromatic carbocycles. The Balaban J connectivity index is 1.13. The molecule has 1 aliphatic heterocycles. The van der Waals surface area contributed by atoms with Gasteiger partial charge in [-0.15, -0.1) is 0 Å². The zero-order valence-electron chi connectivity index (χ0n) is 32.7. The Hall–Kier alpha value is -1.77. The number of ether oxygens (including phenoxy) is 1. The van der Waals surface area contributed by atoms with E-state index in [1.54, 1.807) is 5.57 Å². The van der Waals surface area contributed by atoms with Crippen LogP contribution in [-0.2, 0) is 24.2 Å². The van der Waals surface area contributed by atoms with Crippen LogP contribution in [0.15, 0.2) is 34.4 Å². The van der Waals surface area contributed by atoms with Gasteiger partial charge in [-0.05, 0) is 139 Å². The summed E-state index contributed by atoms with van der Waals surface area (Å²) >= 11 is 0. The molecule has 0 aromatic rings. The number of Topliss-reactive ketones (excluding diaryl/α,β-unsaturated/α-hetero) is 1. The monoisotopic (exact) mass is 722 g/mol. The molecular formula is C43H66N2O5S. The maximum Gasteiger partial charge on any atom is 0.309 e. The van der Waals surface area contributed by atoms with Crippen LogP contribution in [0.5, 0.6) is 0 Å². The minimum atomic E-state index is -2.90. The van der Waals surface area contributed by atoms with Crippen molar-refractivity contribution in [1.29, 1.82) is 0 Å². The second-order valence-electron chi connectivity index (χ2n) is 18.9. The van der Waals surface area contributed by atoms with E-state index in [-0.39, 0.29) is 51.1 Å². The zero-order chi connectivity index (χ0) is 36.6. The van der Waals surface area contributed by atoms with Gasteiger partial charge in [0, 0.05) is 38.1 Å². The molecule has 0 amide bonds. The van der Waals surface area contributed by atoms with Gasteiger partial charge in [-0.3, -0.25) is 9.59 Å². The first-order valence-corrected chi connectivity index (χ1v) is 22.4. The highest BCUT2D eigenvalue weighted by atomic mass is 32.2. The summed E-state index contributed by atoms with van der Waals surface area (Å²) in [5, 5.41) is 4.02. The lowest BCUT2D eigenvalue weighted by molar-refractivity contribution is -0.188. The van der Waals surface area contributed by atoms with Gasteiger partial charge in [0.25, 0.3) is 0 Å². The third kappa shape index (κ3) is 6.08. The molecular weight excluding hydrogens is 657 g/mol. The molecule has 0 radical (unpaired) electrons. The van der Waals surface area contributed by atoms with E-state index in [1.807, 2.05) is 6.92 Å². The van der Waals surface area contributed by atoms with E-state index in [0.717, 1.165) is 63.6 Å². The average molecular weight is 723 g/mol. The maximum absolute atomic E-state index is 14.0. The molecule has 3 saturated carbocycles. The summed E-state index contributed by atoms with van der Waals surface area (Å²) in [5.41, 5.74) is 5.95. The summed E-state index contributed by atoms with van der Waals surface area (Å²) in [4.78, 5) is 28.7. The normalized spacial score (nSPS) is 42.4. The topological polar surface area (TPSA) is 92.8 Å². The first-order valence-electron chi connectivity index (χ1n) is 20.6. The van der Waals surface area contributed by atoms with E-state index in [0.29, 0.717) is 55.6 Å². The van der Waals surface area contributed by atoms with Gasteiger partial charge >= 0.3 is 5.97 Å². The van der Waals surface area contributed by atoms with Crippen LogP contribution in [0.2, 0.25) is 0 Å². The molecule has 9 atom stereocenters. The highest BCUT2D eigenvalue weighted by Gasteiger charge is 2.68. The number of rotatable bonds is 8. The molecule has 1 heterocycles. The third-order valence-corrected chi connectivity index (χ3v) is 18.0. The molecule has 1 N–H and O–H groups in total. The van der Waals surface area contributed by atoms with Crippen LogP contribution in [0.1, 0.15) is 119 Å². The smallest absolute Gasteiger partial charge is 0.309 e. The highest BCUT2D eigenvalue weighted by Crippen LogP contribution is 2.74. The number of esters is 1. The van der Waals surface area contributed by atoms with Crippen LogP contribution in [0.4, 0.5) is 0 Å². The Morgan fingerprint density at radius 1 is 1.02 bits per heavy atom. The van der Waals surface area contributed by atoms with Gasteiger partial charge in [-0.2, -0.15) is 0 Å². The first kappa shape index (κ1) is 37.5. The fourth-order valence-electron chi connectivity index (χ4n) is 13.5. The van der Waals surface area contributed by atoms with Crippen LogP contribution in [-0.4, -0.2) is 74.9 Å². The molecule has 284 valence electrons. The van der Waals surface area contributed by atoms with Crippen molar-refractivity contribution in [3.05, 3.63) is 34.4 Å². The number of sulfone groups is 1. The number of fused-ring (bicyclic) bond motifs is 7. The van der Waals surface area contributed by atoms with Gasteiger partial charge in [0.2, 0.25) is 0 Å². The van der Waals surface area contributed by atoms with Crippen LogP contribution in [0.3, 0.4) is 0 Å². The van der Waals surface area contributed by atoms with Crippen molar-refractivity contribution in [2.75, 3.05) is 44.3 Å². The van der Waals surface area contributed by atoms with Crippen LogP contribution < -0.4 is 5.32 Å². The number of hydrogen-bond donors (Lipinski definition) is 1. The number of ketones is 1. The second kappa shape index (κ2) is 13.5. The summed E-state index contributed by atoms with van der Waals surface area (Å²) in [5.74, 6) is 3.30. The zero-order valence-corrected chi connectivity index (χ0v) is 33.6. The third-order valence-electron chi connectivity index (χ3n) is 16.4. The molecule has 7 rings (SSSR count). The first-order chi connectivity index (χ1) is 24.1. The molecule has 4 fully saturated rings. The lowest BCUT2D eigenvalue weighted by Crippen LogP contribution is -2.65. The number of allylic oxidation sites excluding steroid dienone is 5. The van der Waals surface area contributed by atoms with Gasteiger partial charge in [0.1, 0.15) is 0 Å². The Morgan fingerprint density at radius 2 is 1.76 bits per heavy atom. The minimum Gasteiger partial charge on any atom is -0.466 e. The van der Waals surface area contributed by atoms with Crippen molar-refractivity contribution in [2.45, 2.75) is 125 Å². The van der Waals surface area contributed by atoms with E-state index in [4.69, 9.17) is 4.74 Å². The molecule has 0 spiro atoms. The Bertz CT molecular complexity index is 1610. The van der Waals surface area contributed by atoms with Gasteiger partial charge in [-0.1, -0.05) is 53.7 Å². The van der Waals surface area contributed by atoms with Crippen LogP contribution in [0.25, 0.3) is 0 Å². The Morgan fingerprint density at radius 3 is 2.43 bits per heavy atom. The fraction of sp³-hybridized carbons (Fsp3) is 0.814. The van der Waals surface area contributed by atoms with Crippen molar-refractivity contribution in [3.8, 4) is 0 Å². The van der Waals surface area contributed by atoms with Crippen molar-refractivity contribution in [3.63, 3.8) is 0 Å². The molecule has 7 nitrogen and oxygen atoms in total. The molecule has 7 aliphatic rings. The SMILES string of the molecule is CCOC(=O)C1CC=C(C2=CC[C@@]3(C)C(CC[C@]4(C)C3CC[C@@H]3C5=C(C(C)C)C(=O)C[C@]5(NCCN5CCS(=O)(=O)CC5)CC[C@]34C)[C@H]2C)CC1. The fourth-order valence-corrected chi connectivity index (χ4v) is 14.8. The summed E-state index contributed by atoms with van der Waals surface area (Å²) in [6, 6.07) is 0. The number of carbonyl (C=O) groups is 2. The molecule has 6 aliphatic carbocycles. The van der Waals surface area contributed by atoms with Crippen LogP contribution in [0, 0.1) is 51.8 Å². The van der Waals surface area contributed by atoms with Crippen molar-refractivity contribution in [1.82, 2.24) is 10.2 Å². The quantitative estimate of drug-likeness (QED) is 0.260. The number of nitrogens with one attached hydrogen (secondary N) is 1. The largest absolute Gasteiger partial charge is 0.466 e. The van der Waals surface area contributed by atoms with Gasteiger partial charge in [0.05, 0.1) is 24.0 Å². The molecule has 1 saturated heterocycles. The van der Waals surface area contributed by atoms with Gasteiger partial charge in [-0.25, -0.2) is 8.42 Å². The standard InChI is InChI=1S/C43H66N2O5S/c1-8-50-39(47)31-11-9-30(10-12-31)32-15-17-40(5)33(29(32)4)16-18-42(7)36(40)14-13-34-38-37(28(2)3)35(46)27-43(38,20-19-41(34,42)6)44-21-22-45-23-25-51(48,49)26-24-45/h9,15,28-29,31,33-34,36,44H,8,10-14,16-27H2,1-7H3/t29-,31?,33?,34+,36?,40-,41+,42+,43+/m0/s1. The van der Waals surface area contributed by atoms with Crippen molar-refractivity contribution in [2.24, 2.45) is 51.8 Å². The number of nitrogens with zero attached hydrogens (tertiary/aromatic N) is 1. The predicted molar refractivity (Wildman–Crippen MR) is 204 cm³/mol. The number of carbonyl (C=O) groups excluding carboxylic acids is 2. The summed E-state index contributed by atoms with van der Waals surface area (Å²) in [6.45, 7) is 20.0. The molecule has 51 heavy (non-hydrogen) atoms. The summed E-state index contributed by atoms with van der Waals surface area (Å²) in [7, 11) is -2.90. The minimum absolute atomic E-state index is 0.00602. The summed E-state index contributed by atoms with van der Waals surface area (Å²) in [6.07, 6.45) is 16.4. The summed E-state index contributed by atoms with van der Waals surface area (Å²) < 4.78 is 29.4. The number of hydrogen-bond acceptors (Lipinski definition) is 7. The van der Waals surface area contributed by atoms with Crippen molar-refractivity contribution >= 4 is 21.6 Å². The predicted octanol–water partition coefficient (Wildman–Crippen LogP) is 7.48. The van der Waals surface area contributed by atoms with Crippen LogP contribution >= 0.6 is 0 Å². The Labute approximate surface area is 308 Å². The van der Waals surface area contributed by atoms with E-state index >= 15 is 0 Å². The maximum atomic E-state index is 14.0. The van der Waals surface area contributed by atoms with E-state index < -0.39 is 9.84 Å². The van der Waals surface area contributed by atoms with Gasteiger partial charge in [0.15, 0.2) is 15.6 Å². The molecule has 3 unspecified atom stereocenters. The second-order valence-corrected chi connectivity index (χ2v) is 21.2. The molecule has 0 aromatic heterocycles.